The minimum absolute atomic E-state index is 0.00841. The molecule has 4 rings (SSSR count). The maximum absolute atomic E-state index is 13.0. The molecule has 6 N–H and O–H groups in total. The van der Waals surface area contributed by atoms with Gasteiger partial charge in [-0.1, -0.05) is 15.1 Å². The van der Waals surface area contributed by atoms with Crippen LogP contribution in [0.4, 0.5) is 28.4 Å². The number of fused-ring (bicyclic) bond motifs is 1. The normalized spacial score (nSPS) is 12.6. The van der Waals surface area contributed by atoms with Crippen molar-refractivity contribution >= 4 is 106 Å². The molecule has 31 heteroatoms. The van der Waals surface area contributed by atoms with Crippen LogP contribution in [0.25, 0.3) is 10.8 Å². The number of aromatic hydroxyl groups is 1. The first-order chi connectivity index (χ1) is 28.1. The number of benzene rings is 4. The van der Waals surface area contributed by atoms with Gasteiger partial charge in [-0.15, -0.1) is 28.3 Å². The fourth-order valence-corrected chi connectivity index (χ4v) is 8.22. The molecule has 0 atom stereocenters. The van der Waals surface area contributed by atoms with Crippen molar-refractivity contribution in [3.8, 4) is 11.5 Å². The van der Waals surface area contributed by atoms with Crippen molar-refractivity contribution in [2.75, 3.05) is 43.0 Å². The summed E-state index contributed by atoms with van der Waals surface area (Å²) in [6.07, 6.45) is 0. The van der Waals surface area contributed by atoms with Gasteiger partial charge in [0.05, 0.1) is 69.9 Å². The Hall–Kier alpha value is -3.84. The molecule has 0 aromatic heterocycles. The van der Waals surface area contributed by atoms with E-state index in [1.165, 1.54) is 61.7 Å². The molecule has 0 unspecified atom stereocenters. The van der Waals surface area contributed by atoms with E-state index in [2.05, 4.69) is 53.9 Å². The highest BCUT2D eigenvalue weighted by Gasteiger charge is 2.22. The summed E-state index contributed by atoms with van der Waals surface area (Å²) >= 11 is 0.737. The van der Waals surface area contributed by atoms with Crippen LogP contribution in [0.5, 0.6) is 11.5 Å². The lowest BCUT2D eigenvalue weighted by molar-refractivity contribution is -0.434. The first kappa shape index (κ1) is 47.8. The molecule has 0 saturated heterocycles. The summed E-state index contributed by atoms with van der Waals surface area (Å²) in [7, 11) is -11.2. The summed E-state index contributed by atoms with van der Waals surface area (Å²) in [4.78, 5) is -0.428. The topological polar surface area (TPSA) is 348 Å². The lowest BCUT2D eigenvalue weighted by atomic mass is 10.1. The molecule has 0 aliphatic heterocycles. The number of phenols is 1. The third kappa shape index (κ3) is 14.1. The molecule has 0 amide bonds. The van der Waals surface area contributed by atoms with Crippen LogP contribution in [0.15, 0.2) is 95.8 Å². The molecule has 4 aromatic rings. The van der Waals surface area contributed by atoms with Crippen molar-refractivity contribution in [1.29, 1.82) is 0 Å². The van der Waals surface area contributed by atoms with Crippen molar-refractivity contribution in [2.45, 2.75) is 14.7 Å². The molecule has 0 saturated carbocycles. The van der Waals surface area contributed by atoms with Gasteiger partial charge in [-0.2, -0.15) is 13.5 Å². The smallest absolute Gasteiger partial charge is 0.283 e. The molecule has 0 heterocycles. The van der Waals surface area contributed by atoms with E-state index in [1.54, 1.807) is 0 Å². The molecular formula is C28H29N5O20S6. The van der Waals surface area contributed by atoms with E-state index in [1.807, 2.05) is 0 Å². The van der Waals surface area contributed by atoms with Crippen LogP contribution in [0.1, 0.15) is 0 Å². The van der Waals surface area contributed by atoms with Gasteiger partial charge in [0.1, 0.15) is 28.7 Å². The third-order valence-corrected chi connectivity index (χ3v) is 12.4. The second-order valence-electron chi connectivity index (χ2n) is 10.7. The van der Waals surface area contributed by atoms with Crippen LogP contribution in [-0.4, -0.2) is 88.4 Å². The van der Waals surface area contributed by atoms with Crippen molar-refractivity contribution in [2.24, 2.45) is 20.5 Å². The molecule has 59 heavy (non-hydrogen) atoms. The van der Waals surface area contributed by atoms with E-state index in [9.17, 15) is 34.9 Å². The maximum Gasteiger partial charge on any atom is 0.283 e. The highest BCUT2D eigenvalue weighted by molar-refractivity contribution is 7.94. The van der Waals surface area contributed by atoms with E-state index >= 15 is 0 Å². The summed E-state index contributed by atoms with van der Waals surface area (Å²) in [5.74, 6) is -2.53. The number of ether oxygens (including phenoxy) is 1. The molecular weight excluding hydrogens is 919 g/mol. The highest BCUT2D eigenvalue weighted by Crippen LogP contribution is 2.48. The maximum atomic E-state index is 13.0. The SMILES string of the molecule is COc1ccc(S(=O)(=O)CCOSOOO)cc1/N=N/c1c(NCS(=O)(=O)O)ccc2c(O)c(/N=N/c3ccc(S(=O)(=O)CCOSOOO)cc3)c(SOOO)cc12. The van der Waals surface area contributed by atoms with E-state index in [0.717, 1.165) is 6.07 Å². The third-order valence-electron chi connectivity index (χ3n) is 7.12. The summed E-state index contributed by atoms with van der Waals surface area (Å²) in [5.41, 5.74) is -0.526. The van der Waals surface area contributed by atoms with Gasteiger partial charge in [0.2, 0.25) is 0 Å². The van der Waals surface area contributed by atoms with Gasteiger partial charge < -0.3 is 15.2 Å². The number of hydrogen-bond donors (Lipinski definition) is 6. The van der Waals surface area contributed by atoms with Crippen molar-refractivity contribution in [1.82, 2.24) is 0 Å². The summed E-state index contributed by atoms with van der Waals surface area (Å²) in [6, 6.07) is 12.6. The van der Waals surface area contributed by atoms with Gasteiger partial charge in [-0.05, 0) is 60.7 Å². The quantitative estimate of drug-likeness (QED) is 0.0101. The standard InChI is InChI=1S/C28H29N5O20S6/c1-45-24-9-6-19(58(40,41)13-11-47-56-53-50-37)14-23(24)31-32-26-21-15-25(54-51-48-35)27(28(34)20(21)7-8-22(26)29-16-59(42,43)44)33-30-17-2-4-18(5-3-17)57(38,39)12-10-46-55-52-49-36/h2-9,14-15,29,34-37H,10-13,16H2,1H3,(H,42,43,44)/b32-31+,33-30+. The number of hydrogen-bond acceptors (Lipinski definition) is 27. The molecule has 322 valence electrons. The second-order valence-corrected chi connectivity index (χ2v) is 18.1. The first-order valence-corrected chi connectivity index (χ1v) is 22.4. The van der Waals surface area contributed by atoms with E-state index in [0.29, 0.717) is 12.0 Å². The first-order valence-electron chi connectivity index (χ1n) is 15.4. The monoisotopic (exact) mass is 947 g/mol. The predicted molar refractivity (Wildman–Crippen MR) is 205 cm³/mol. The number of nitrogens with one attached hydrogen (secondary N) is 1. The number of azo groups is 2. The van der Waals surface area contributed by atoms with Crippen LogP contribution in [-0.2, 0) is 66.3 Å². The van der Waals surface area contributed by atoms with Gasteiger partial charge in [-0.3, -0.25) is 12.9 Å². The molecule has 0 fully saturated rings. The van der Waals surface area contributed by atoms with Crippen molar-refractivity contribution in [3.63, 3.8) is 0 Å². The fraction of sp³-hybridized carbons (Fsp3) is 0.214. The average molecular weight is 948 g/mol. The lowest BCUT2D eigenvalue weighted by Gasteiger charge is -2.14. The zero-order valence-corrected chi connectivity index (χ0v) is 34.3. The van der Waals surface area contributed by atoms with Gasteiger partial charge in [0, 0.05) is 10.8 Å². The summed E-state index contributed by atoms with van der Waals surface area (Å²) in [5, 5.41) is 66.1. The number of anilines is 1. The molecule has 0 radical (unpaired) electrons. The van der Waals surface area contributed by atoms with E-state index in [4.69, 9.17) is 28.9 Å². The predicted octanol–water partition coefficient (Wildman–Crippen LogP) is 6.62. The molecule has 0 aliphatic rings. The van der Waals surface area contributed by atoms with Crippen molar-refractivity contribution < 1.29 is 91.9 Å². The molecule has 4 aromatic carbocycles. The Labute approximate surface area is 346 Å². The number of methoxy groups -OCH3 is 1. The average Bonchev–Trinajstić information content (AvgIpc) is 3.20. The Balaban J connectivity index is 1.76. The number of sulfone groups is 2. The number of nitrogens with zero attached hydrogens (tertiary/aromatic N) is 4. The largest absolute Gasteiger partial charge is 0.505 e. The Morgan fingerprint density at radius 2 is 1.27 bits per heavy atom. The molecule has 25 nitrogen and oxygen atoms in total. The Bertz CT molecular complexity index is 2440. The van der Waals surface area contributed by atoms with Crippen LogP contribution in [0, 0.1) is 0 Å². The minimum Gasteiger partial charge on any atom is -0.505 e. The number of phenolic OH excluding ortho intramolecular Hbond substituents is 1. The Kier molecular flexibility index (Phi) is 18.4. The van der Waals surface area contributed by atoms with Gasteiger partial charge in [-0.25, -0.2) is 32.6 Å². The van der Waals surface area contributed by atoms with Crippen LogP contribution >= 0.6 is 36.7 Å². The summed E-state index contributed by atoms with van der Waals surface area (Å²) in [6.45, 7) is -0.703. The minimum atomic E-state index is -4.60. The summed E-state index contributed by atoms with van der Waals surface area (Å²) < 4.78 is 112. The van der Waals surface area contributed by atoms with E-state index in [-0.39, 0.29) is 97.5 Å². The zero-order valence-electron chi connectivity index (χ0n) is 29.4. The lowest BCUT2D eigenvalue weighted by Crippen LogP contribution is -2.13. The highest BCUT2D eigenvalue weighted by atomic mass is 32.2. The van der Waals surface area contributed by atoms with Gasteiger partial charge >= 0.3 is 0 Å². The Morgan fingerprint density at radius 3 is 1.86 bits per heavy atom. The van der Waals surface area contributed by atoms with Crippen LogP contribution in [0.2, 0.25) is 0 Å². The van der Waals surface area contributed by atoms with Crippen LogP contribution < -0.4 is 10.1 Å². The fourth-order valence-electron chi connectivity index (χ4n) is 4.56. The number of rotatable bonds is 25. The van der Waals surface area contributed by atoms with Crippen LogP contribution in [0.3, 0.4) is 0 Å². The molecule has 0 spiro atoms. The van der Waals surface area contributed by atoms with Crippen molar-refractivity contribution in [3.05, 3.63) is 60.7 Å². The van der Waals surface area contributed by atoms with E-state index < -0.39 is 52.9 Å². The Morgan fingerprint density at radius 1 is 0.678 bits per heavy atom. The zero-order chi connectivity index (χ0) is 43.1. The van der Waals surface area contributed by atoms with Gasteiger partial charge in [0.15, 0.2) is 50.1 Å². The van der Waals surface area contributed by atoms with Gasteiger partial charge in [0.25, 0.3) is 10.1 Å². The molecule has 0 aliphatic carbocycles. The second kappa shape index (κ2) is 22.7. The molecule has 0 bridgehead atoms.